The zero-order valence-corrected chi connectivity index (χ0v) is 33.6. The number of carboxylic acid groups (broad SMARTS) is 1. The molecule has 1 fully saturated rings. The van der Waals surface area contributed by atoms with Gasteiger partial charge in [0.25, 0.3) is 17.7 Å². The van der Waals surface area contributed by atoms with E-state index in [-0.39, 0.29) is 35.2 Å². The van der Waals surface area contributed by atoms with Crippen molar-refractivity contribution in [3.05, 3.63) is 127 Å². The summed E-state index contributed by atoms with van der Waals surface area (Å²) in [5, 5.41) is 27.4. The summed E-state index contributed by atoms with van der Waals surface area (Å²) in [6.45, 7) is 0.668. The van der Waals surface area contributed by atoms with Crippen LogP contribution in [-0.4, -0.2) is 87.6 Å². The minimum Gasteiger partial charge on any atom is -0.496 e. The zero-order valence-electron chi connectivity index (χ0n) is 33.6. The number of nitrogens with one attached hydrogen (secondary N) is 3. The maximum Gasteiger partial charge on any atom is 0.339 e. The fourth-order valence-corrected chi connectivity index (χ4v) is 8.34. The van der Waals surface area contributed by atoms with Crippen LogP contribution in [0.25, 0.3) is 0 Å². The molecular formula is C45H49F2N3O9. The Morgan fingerprint density at radius 1 is 0.695 bits per heavy atom. The van der Waals surface area contributed by atoms with Crippen molar-refractivity contribution in [2.24, 2.45) is 0 Å². The number of hydrogen-bond donors (Lipinski definition) is 5. The Balaban J connectivity index is 0.000000204. The molecule has 7 rings (SSSR count). The molecule has 312 valence electrons. The van der Waals surface area contributed by atoms with E-state index in [4.69, 9.17) is 14.2 Å². The van der Waals surface area contributed by atoms with Gasteiger partial charge in [-0.15, -0.1) is 0 Å². The number of fused-ring (bicyclic) bond motifs is 2. The smallest absolute Gasteiger partial charge is 0.339 e. The van der Waals surface area contributed by atoms with Crippen molar-refractivity contribution in [3.63, 3.8) is 0 Å². The van der Waals surface area contributed by atoms with Crippen LogP contribution in [0.15, 0.2) is 48.5 Å². The molecule has 1 saturated heterocycles. The molecule has 0 bridgehead atoms. The average molecular weight is 814 g/mol. The van der Waals surface area contributed by atoms with Crippen LogP contribution >= 0.6 is 0 Å². The first-order valence-corrected chi connectivity index (χ1v) is 19.6. The molecule has 3 aliphatic rings. The van der Waals surface area contributed by atoms with E-state index >= 15 is 0 Å². The molecule has 4 aromatic rings. The number of aliphatic hydroxyl groups is 1. The van der Waals surface area contributed by atoms with Crippen molar-refractivity contribution in [1.82, 2.24) is 16.0 Å². The first kappa shape index (κ1) is 42.7. The minimum atomic E-state index is -1.04. The van der Waals surface area contributed by atoms with Gasteiger partial charge in [-0.1, -0.05) is 12.1 Å². The van der Waals surface area contributed by atoms with Gasteiger partial charge in [0.2, 0.25) is 0 Å². The number of carbonyl (C=O) groups is 4. The number of benzene rings is 4. The molecule has 12 nitrogen and oxygen atoms in total. The lowest BCUT2D eigenvalue weighted by atomic mass is 9.92. The maximum atomic E-state index is 14.5. The average Bonchev–Trinajstić information content (AvgIpc) is 3.93. The summed E-state index contributed by atoms with van der Waals surface area (Å²) in [6, 6.07) is 12.1. The van der Waals surface area contributed by atoms with Crippen molar-refractivity contribution in [1.29, 1.82) is 0 Å². The van der Waals surface area contributed by atoms with Gasteiger partial charge >= 0.3 is 5.97 Å². The highest BCUT2D eigenvalue weighted by atomic mass is 19.1. The Labute approximate surface area is 341 Å². The second-order valence-corrected chi connectivity index (χ2v) is 14.8. The van der Waals surface area contributed by atoms with Crippen LogP contribution in [0, 0.1) is 11.6 Å². The predicted octanol–water partition coefficient (Wildman–Crippen LogP) is 5.12. The second kappa shape index (κ2) is 18.8. The third-order valence-electron chi connectivity index (χ3n) is 11.2. The first-order valence-electron chi connectivity index (χ1n) is 19.6. The van der Waals surface area contributed by atoms with E-state index in [9.17, 15) is 38.2 Å². The Morgan fingerprint density at radius 2 is 1.17 bits per heavy atom. The third kappa shape index (κ3) is 9.23. The number of amides is 3. The van der Waals surface area contributed by atoms with Crippen molar-refractivity contribution < 1.29 is 52.4 Å². The number of hydrogen-bond acceptors (Lipinski definition) is 8. The molecule has 5 N–H and O–H groups in total. The molecule has 59 heavy (non-hydrogen) atoms. The van der Waals surface area contributed by atoms with Crippen LogP contribution in [0.3, 0.4) is 0 Å². The SMILES string of the molecule is CNC(=O)c1ccc(Cc2cc(C(=O)N[C@H]3CCOC[C@@H]3O)c(OC)c3c2CCC3)cc1F.CNC(=O)c1ccc(Cc2cc(C(=O)O)c(OC)c3c2CCC3)cc1F. The first-order chi connectivity index (χ1) is 28.4. The van der Waals surface area contributed by atoms with Crippen LogP contribution in [0.5, 0.6) is 11.5 Å². The number of halogens is 2. The lowest BCUT2D eigenvalue weighted by Gasteiger charge is -2.29. The molecule has 1 heterocycles. The lowest BCUT2D eigenvalue weighted by molar-refractivity contribution is -0.0261. The van der Waals surface area contributed by atoms with E-state index in [0.717, 1.165) is 71.9 Å². The van der Waals surface area contributed by atoms with E-state index in [0.29, 0.717) is 54.1 Å². The summed E-state index contributed by atoms with van der Waals surface area (Å²) in [5.74, 6) is -2.49. The van der Waals surface area contributed by atoms with Gasteiger partial charge in [-0.3, -0.25) is 14.4 Å². The molecule has 0 radical (unpaired) electrons. The predicted molar refractivity (Wildman–Crippen MR) is 215 cm³/mol. The molecule has 0 unspecified atom stereocenters. The van der Waals surface area contributed by atoms with Crippen LogP contribution in [-0.2, 0) is 43.3 Å². The van der Waals surface area contributed by atoms with Crippen LogP contribution < -0.4 is 25.4 Å². The highest BCUT2D eigenvalue weighted by Gasteiger charge is 2.30. The largest absolute Gasteiger partial charge is 0.496 e. The summed E-state index contributed by atoms with van der Waals surface area (Å²) in [7, 11) is 5.94. The normalized spacial score (nSPS) is 16.5. The van der Waals surface area contributed by atoms with Gasteiger partial charge < -0.3 is 40.4 Å². The van der Waals surface area contributed by atoms with E-state index in [1.54, 1.807) is 25.3 Å². The monoisotopic (exact) mass is 813 g/mol. The highest BCUT2D eigenvalue weighted by molar-refractivity contribution is 5.98. The summed E-state index contributed by atoms with van der Waals surface area (Å²) < 4.78 is 45.0. The number of rotatable bonds is 11. The fraction of sp³-hybridized carbons (Fsp3) is 0.378. The van der Waals surface area contributed by atoms with Crippen molar-refractivity contribution in [3.8, 4) is 11.5 Å². The van der Waals surface area contributed by atoms with Gasteiger partial charge in [0.1, 0.15) is 28.7 Å². The number of aromatic carboxylic acids is 1. The van der Waals surface area contributed by atoms with Crippen molar-refractivity contribution in [2.45, 2.75) is 69.9 Å². The molecule has 0 aromatic heterocycles. The van der Waals surface area contributed by atoms with Crippen LogP contribution in [0.4, 0.5) is 8.78 Å². The minimum absolute atomic E-state index is 0.00343. The van der Waals surface area contributed by atoms with Crippen LogP contribution in [0.1, 0.15) is 105 Å². The molecule has 2 atom stereocenters. The Hall–Kier alpha value is -5.86. The molecule has 1 aliphatic heterocycles. The topological polar surface area (TPSA) is 173 Å². The number of aliphatic hydroxyl groups excluding tert-OH is 1. The van der Waals surface area contributed by atoms with E-state index in [1.807, 2.05) is 6.07 Å². The Morgan fingerprint density at radius 3 is 1.61 bits per heavy atom. The number of carbonyl (C=O) groups excluding carboxylic acids is 3. The fourth-order valence-electron chi connectivity index (χ4n) is 8.34. The Kier molecular flexibility index (Phi) is 13.6. The van der Waals surface area contributed by atoms with Gasteiger partial charge in [-0.2, -0.15) is 0 Å². The molecule has 4 aromatic carbocycles. The van der Waals surface area contributed by atoms with Crippen LogP contribution in [0.2, 0.25) is 0 Å². The summed E-state index contributed by atoms with van der Waals surface area (Å²) in [5.41, 5.74) is 7.89. The van der Waals surface area contributed by atoms with Gasteiger partial charge in [-0.05, 0) is 139 Å². The molecule has 3 amide bonds. The quantitative estimate of drug-likeness (QED) is 0.138. The molecule has 0 saturated carbocycles. The Bertz CT molecular complexity index is 2280. The molecule has 14 heteroatoms. The van der Waals surface area contributed by atoms with Gasteiger partial charge in [0, 0.05) is 20.7 Å². The standard InChI is InChI=1S/C25H29FN2O5.C20H20FNO4/c1-27-24(30)18-7-6-14(11-20(18)26)10-15-12-19(23(32-2)17-5-3-4-16(15)17)25(31)28-21-8-9-33-13-22(21)29;1-22-19(23)15-7-6-11(9-17(15)21)8-12-10-16(20(24)25)18(26-2)14-5-3-4-13(12)14/h6-7,11-12,21-22,29H,3-5,8-10,13H2,1-2H3,(H,27,30)(H,28,31);6-7,9-10H,3-5,8H2,1-2H3,(H,22,23)(H,24,25)/t21-,22-;/m0./s1. The second-order valence-electron chi connectivity index (χ2n) is 14.8. The van der Waals surface area contributed by atoms with Gasteiger partial charge in [0.05, 0.1) is 49.7 Å². The molecule has 0 spiro atoms. The van der Waals surface area contributed by atoms with E-state index < -0.39 is 35.5 Å². The number of ether oxygens (including phenoxy) is 3. The summed E-state index contributed by atoms with van der Waals surface area (Å²) in [4.78, 5) is 48.2. The molecule has 2 aliphatic carbocycles. The maximum absolute atomic E-state index is 14.5. The number of methoxy groups -OCH3 is 2. The van der Waals surface area contributed by atoms with Crippen molar-refractivity contribution >= 4 is 23.7 Å². The highest BCUT2D eigenvalue weighted by Crippen LogP contribution is 2.39. The van der Waals surface area contributed by atoms with E-state index in [2.05, 4.69) is 16.0 Å². The summed E-state index contributed by atoms with van der Waals surface area (Å²) in [6.07, 6.45) is 5.77. The van der Waals surface area contributed by atoms with Gasteiger partial charge in [0.15, 0.2) is 0 Å². The van der Waals surface area contributed by atoms with Gasteiger partial charge in [-0.25, -0.2) is 13.6 Å². The van der Waals surface area contributed by atoms with E-state index in [1.165, 1.54) is 45.5 Å². The van der Waals surface area contributed by atoms with Crippen molar-refractivity contribution in [2.75, 3.05) is 41.5 Å². The molecular weight excluding hydrogens is 765 g/mol. The zero-order chi connectivity index (χ0) is 42.4. The third-order valence-corrected chi connectivity index (χ3v) is 11.2. The number of carboxylic acids is 1. The summed E-state index contributed by atoms with van der Waals surface area (Å²) >= 11 is 0. The lowest BCUT2D eigenvalue weighted by Crippen LogP contribution is -2.48.